The summed E-state index contributed by atoms with van der Waals surface area (Å²) in [5.41, 5.74) is 2.81. The Bertz CT molecular complexity index is 866. The molecule has 0 bridgehead atoms. The van der Waals surface area contributed by atoms with Gasteiger partial charge in [-0.25, -0.2) is 8.78 Å². The van der Waals surface area contributed by atoms with Crippen molar-refractivity contribution in [2.24, 2.45) is 0 Å². The van der Waals surface area contributed by atoms with Crippen molar-refractivity contribution in [2.45, 2.75) is 6.92 Å². The number of aromatic nitrogens is 2. The number of hydrogen-bond acceptors (Lipinski definition) is 2. The van der Waals surface area contributed by atoms with E-state index in [9.17, 15) is 8.78 Å². The number of aromatic amines is 1. The van der Waals surface area contributed by atoms with E-state index in [0.717, 1.165) is 9.13 Å². The third-order valence-corrected chi connectivity index (χ3v) is 4.65. The van der Waals surface area contributed by atoms with Crippen LogP contribution in [0.3, 0.4) is 0 Å². The van der Waals surface area contributed by atoms with Crippen molar-refractivity contribution in [3.05, 3.63) is 61.8 Å². The van der Waals surface area contributed by atoms with Gasteiger partial charge in [0.25, 0.3) is 0 Å². The van der Waals surface area contributed by atoms with E-state index >= 15 is 0 Å². The fourth-order valence-electron chi connectivity index (χ4n) is 2.24. The smallest absolute Gasteiger partial charge is 0.184 e. The van der Waals surface area contributed by atoms with Gasteiger partial charge in [-0.15, -0.1) is 0 Å². The topological polar surface area (TPSA) is 40.7 Å². The lowest BCUT2D eigenvalue weighted by atomic mass is 10.1. The molecule has 0 saturated carbocycles. The predicted octanol–water partition coefficient (Wildman–Crippen LogP) is 5.77. The molecule has 3 aromatic rings. The van der Waals surface area contributed by atoms with Crippen LogP contribution in [-0.4, -0.2) is 10.2 Å². The molecule has 2 N–H and O–H groups in total. The fourth-order valence-corrected chi connectivity index (χ4v) is 3.29. The van der Waals surface area contributed by atoms with Crippen LogP contribution in [0, 0.1) is 22.1 Å². The van der Waals surface area contributed by atoms with Gasteiger partial charge < -0.3 is 5.32 Å². The molecule has 3 rings (SSSR count). The SMILES string of the molecule is Cc1cc(I)ccc1Nc1c(-c2ccn[nH]2)cc(Br)c(F)c1F. The Morgan fingerprint density at radius 2 is 1.96 bits per heavy atom. The summed E-state index contributed by atoms with van der Waals surface area (Å²) >= 11 is 5.25. The number of benzene rings is 2. The van der Waals surface area contributed by atoms with Gasteiger partial charge in [-0.1, -0.05) is 0 Å². The van der Waals surface area contributed by atoms with E-state index in [1.807, 2.05) is 25.1 Å². The molecule has 7 heteroatoms. The summed E-state index contributed by atoms with van der Waals surface area (Å²) in [5.74, 6) is -1.87. The molecule has 23 heavy (non-hydrogen) atoms. The normalized spacial score (nSPS) is 10.8. The molecule has 1 heterocycles. The molecule has 0 amide bonds. The van der Waals surface area contributed by atoms with Gasteiger partial charge in [0.15, 0.2) is 11.6 Å². The van der Waals surface area contributed by atoms with E-state index in [1.54, 1.807) is 12.3 Å². The second-order valence-corrected chi connectivity index (χ2v) is 7.06. The fraction of sp³-hybridized carbons (Fsp3) is 0.0625. The molecule has 0 fully saturated rings. The summed E-state index contributed by atoms with van der Waals surface area (Å²) in [7, 11) is 0. The first-order valence-corrected chi connectivity index (χ1v) is 8.55. The van der Waals surface area contributed by atoms with E-state index in [1.165, 1.54) is 6.07 Å². The van der Waals surface area contributed by atoms with E-state index in [-0.39, 0.29) is 10.2 Å². The molecule has 0 aliphatic heterocycles. The number of hydrogen-bond donors (Lipinski definition) is 2. The van der Waals surface area contributed by atoms with Gasteiger partial charge in [-0.2, -0.15) is 5.10 Å². The standard InChI is InChI=1S/C16H11BrF2IN3/c1-8-6-9(20)2-3-12(8)22-16-10(13-4-5-21-23-13)7-11(17)14(18)15(16)19/h2-7,22H,1H3,(H,21,23). The van der Waals surface area contributed by atoms with Crippen molar-refractivity contribution in [2.75, 3.05) is 5.32 Å². The molecular weight excluding hydrogens is 479 g/mol. The highest BCUT2D eigenvalue weighted by Gasteiger charge is 2.20. The Hall–Kier alpha value is -1.48. The van der Waals surface area contributed by atoms with Gasteiger partial charge in [0, 0.05) is 21.0 Å². The van der Waals surface area contributed by atoms with E-state index in [2.05, 4.69) is 54.0 Å². The Morgan fingerprint density at radius 3 is 2.61 bits per heavy atom. The molecule has 0 saturated heterocycles. The quantitative estimate of drug-likeness (QED) is 0.362. The third-order valence-electron chi connectivity index (χ3n) is 3.40. The molecule has 118 valence electrons. The molecule has 0 spiro atoms. The minimum Gasteiger partial charge on any atom is -0.352 e. The number of H-pyrrole nitrogens is 1. The predicted molar refractivity (Wildman–Crippen MR) is 98.8 cm³/mol. The number of halogens is 4. The van der Waals surface area contributed by atoms with Gasteiger partial charge in [-0.3, -0.25) is 5.10 Å². The van der Waals surface area contributed by atoms with Crippen molar-refractivity contribution < 1.29 is 8.78 Å². The van der Waals surface area contributed by atoms with Crippen molar-refractivity contribution >= 4 is 49.9 Å². The highest BCUT2D eigenvalue weighted by Crippen LogP contribution is 2.37. The van der Waals surface area contributed by atoms with Crippen LogP contribution in [0.1, 0.15) is 5.56 Å². The van der Waals surface area contributed by atoms with E-state index in [0.29, 0.717) is 16.9 Å². The minimum atomic E-state index is -0.943. The zero-order chi connectivity index (χ0) is 16.6. The van der Waals surface area contributed by atoms with Gasteiger partial charge in [-0.05, 0) is 81.3 Å². The van der Waals surface area contributed by atoms with Gasteiger partial charge in [0.1, 0.15) is 0 Å². The molecule has 3 nitrogen and oxygen atoms in total. The number of anilines is 2. The lowest BCUT2D eigenvalue weighted by Gasteiger charge is -2.15. The first-order valence-electron chi connectivity index (χ1n) is 6.68. The molecule has 2 aromatic carbocycles. The zero-order valence-electron chi connectivity index (χ0n) is 11.9. The first-order chi connectivity index (χ1) is 11.0. The highest BCUT2D eigenvalue weighted by molar-refractivity contribution is 14.1. The van der Waals surface area contributed by atoms with Crippen LogP contribution in [0.5, 0.6) is 0 Å². The van der Waals surface area contributed by atoms with Crippen molar-refractivity contribution in [3.8, 4) is 11.3 Å². The van der Waals surface area contributed by atoms with Crippen LogP contribution in [0.4, 0.5) is 20.2 Å². The molecular formula is C16H11BrF2IN3. The number of aryl methyl sites for hydroxylation is 1. The summed E-state index contributed by atoms with van der Waals surface area (Å²) in [6.45, 7) is 1.91. The molecule has 1 aromatic heterocycles. The Morgan fingerprint density at radius 1 is 1.17 bits per heavy atom. The van der Waals surface area contributed by atoms with E-state index < -0.39 is 11.6 Å². The maximum atomic E-state index is 14.5. The monoisotopic (exact) mass is 489 g/mol. The summed E-state index contributed by atoms with van der Waals surface area (Å²) in [4.78, 5) is 0. The van der Waals surface area contributed by atoms with Crippen LogP contribution in [0.15, 0.2) is 41.0 Å². The number of nitrogens with zero attached hydrogens (tertiary/aromatic N) is 1. The van der Waals surface area contributed by atoms with Gasteiger partial charge >= 0.3 is 0 Å². The van der Waals surface area contributed by atoms with Crippen LogP contribution >= 0.6 is 38.5 Å². The zero-order valence-corrected chi connectivity index (χ0v) is 15.7. The maximum absolute atomic E-state index is 14.5. The summed E-state index contributed by atoms with van der Waals surface area (Å²) < 4.78 is 29.6. The Kier molecular flexibility index (Phi) is 4.67. The van der Waals surface area contributed by atoms with Crippen LogP contribution in [-0.2, 0) is 0 Å². The van der Waals surface area contributed by atoms with Crippen LogP contribution in [0.2, 0.25) is 0 Å². The second-order valence-electron chi connectivity index (χ2n) is 4.96. The molecule has 0 unspecified atom stereocenters. The summed E-state index contributed by atoms with van der Waals surface area (Å²) in [6, 6.07) is 8.93. The highest BCUT2D eigenvalue weighted by atomic mass is 127. The first kappa shape index (κ1) is 16.4. The molecule has 0 aliphatic carbocycles. The maximum Gasteiger partial charge on any atom is 0.184 e. The average Bonchev–Trinajstić information content (AvgIpc) is 3.04. The van der Waals surface area contributed by atoms with Crippen molar-refractivity contribution in [1.29, 1.82) is 0 Å². The lowest BCUT2D eigenvalue weighted by Crippen LogP contribution is -2.02. The summed E-state index contributed by atoms with van der Waals surface area (Å²) in [6.07, 6.45) is 1.56. The number of rotatable bonds is 3. The number of nitrogens with one attached hydrogen (secondary N) is 2. The largest absolute Gasteiger partial charge is 0.352 e. The van der Waals surface area contributed by atoms with Gasteiger partial charge in [0.2, 0.25) is 0 Å². The second kappa shape index (κ2) is 6.56. The Labute approximate surface area is 153 Å². The lowest BCUT2D eigenvalue weighted by molar-refractivity contribution is 0.507. The third kappa shape index (κ3) is 3.25. The van der Waals surface area contributed by atoms with Crippen LogP contribution < -0.4 is 5.32 Å². The summed E-state index contributed by atoms with van der Waals surface area (Å²) in [5, 5.41) is 9.65. The molecule has 0 radical (unpaired) electrons. The minimum absolute atomic E-state index is 0.0597. The average molecular weight is 490 g/mol. The van der Waals surface area contributed by atoms with E-state index in [4.69, 9.17) is 0 Å². The Balaban J connectivity index is 2.15. The molecule has 0 atom stereocenters. The van der Waals surface area contributed by atoms with Crippen LogP contribution in [0.25, 0.3) is 11.3 Å². The van der Waals surface area contributed by atoms with Gasteiger partial charge in [0.05, 0.1) is 15.9 Å². The molecule has 0 aliphatic rings. The van der Waals surface area contributed by atoms with Crippen molar-refractivity contribution in [1.82, 2.24) is 10.2 Å². The van der Waals surface area contributed by atoms with Crippen molar-refractivity contribution in [3.63, 3.8) is 0 Å².